The second-order valence-electron chi connectivity index (χ2n) is 4.70. The van der Waals surface area contributed by atoms with Gasteiger partial charge >= 0.3 is 6.18 Å². The maximum Gasteiger partial charge on any atom is 0.398 e. The Balaban J connectivity index is 2.26. The maximum absolute atomic E-state index is 13.0. The smallest absolute Gasteiger partial charge is 0.340 e. The second-order valence-corrected chi connectivity index (χ2v) is 7.33. The lowest BCUT2D eigenvalue weighted by atomic mass is 9.87. The zero-order chi connectivity index (χ0) is 13.8. The van der Waals surface area contributed by atoms with Crippen LogP contribution in [0.3, 0.4) is 0 Å². The van der Waals surface area contributed by atoms with Crippen LogP contribution in [-0.4, -0.2) is 55.2 Å². The summed E-state index contributed by atoms with van der Waals surface area (Å²) in [5, 5.41) is -1.49. The van der Waals surface area contributed by atoms with Gasteiger partial charge in [-0.05, 0) is 5.75 Å². The molecule has 2 saturated heterocycles. The van der Waals surface area contributed by atoms with E-state index in [-0.39, 0.29) is 18.7 Å². The average Bonchev–Trinajstić information content (AvgIpc) is 2.54. The molecule has 2 unspecified atom stereocenters. The fourth-order valence-electron chi connectivity index (χ4n) is 2.64. The predicted molar refractivity (Wildman–Crippen MR) is 61.1 cm³/mol. The van der Waals surface area contributed by atoms with Gasteiger partial charge in [-0.2, -0.15) is 25.8 Å². The highest BCUT2D eigenvalue weighted by Crippen LogP contribution is 2.56. The summed E-state index contributed by atoms with van der Waals surface area (Å²) in [5.74, 6) is -1.15. The Kier molecular flexibility index (Phi) is 3.13. The predicted octanol–water partition coefficient (Wildman–Crippen LogP) is 0.494. The van der Waals surface area contributed by atoms with Gasteiger partial charge in [-0.15, -0.1) is 0 Å². The van der Waals surface area contributed by atoms with Crippen LogP contribution >= 0.6 is 12.6 Å². The van der Waals surface area contributed by atoms with Crippen molar-refractivity contribution in [2.75, 3.05) is 24.6 Å². The number of fused-ring (bicyclic) bond motifs is 1. The molecule has 0 saturated carbocycles. The second kappa shape index (κ2) is 4.03. The first kappa shape index (κ1) is 14.0. The molecule has 2 heterocycles. The van der Waals surface area contributed by atoms with Crippen molar-refractivity contribution >= 4 is 28.4 Å². The highest BCUT2D eigenvalue weighted by atomic mass is 32.2. The molecular weight excluding hydrogens is 291 g/mol. The molecule has 0 spiro atoms. The third kappa shape index (κ3) is 1.82. The summed E-state index contributed by atoms with van der Waals surface area (Å²) < 4.78 is 61.8. The molecule has 4 nitrogen and oxygen atoms in total. The van der Waals surface area contributed by atoms with E-state index in [2.05, 4.69) is 12.6 Å². The van der Waals surface area contributed by atoms with E-state index in [0.717, 1.165) is 4.90 Å². The summed E-state index contributed by atoms with van der Waals surface area (Å²) in [5.41, 5.74) is -2.25. The first-order valence-corrected chi connectivity index (χ1v) is 7.66. The van der Waals surface area contributed by atoms with Crippen LogP contribution in [0, 0.1) is 5.41 Å². The van der Waals surface area contributed by atoms with E-state index in [1.54, 1.807) is 0 Å². The molecule has 0 radical (unpaired) electrons. The van der Waals surface area contributed by atoms with Crippen molar-refractivity contribution in [2.24, 2.45) is 5.41 Å². The van der Waals surface area contributed by atoms with Gasteiger partial charge in [0.05, 0.1) is 11.0 Å². The number of amides is 1. The molecular formula is C9H12F3NO3S2. The van der Waals surface area contributed by atoms with Gasteiger partial charge in [0.25, 0.3) is 0 Å². The molecule has 2 aliphatic heterocycles. The monoisotopic (exact) mass is 303 g/mol. The molecule has 0 aromatic heterocycles. The molecule has 0 bridgehead atoms. The highest BCUT2D eigenvalue weighted by Gasteiger charge is 2.75. The van der Waals surface area contributed by atoms with Gasteiger partial charge in [-0.25, -0.2) is 8.42 Å². The van der Waals surface area contributed by atoms with Crippen molar-refractivity contribution in [3.05, 3.63) is 0 Å². The van der Waals surface area contributed by atoms with E-state index in [9.17, 15) is 26.4 Å². The minimum atomic E-state index is -4.60. The van der Waals surface area contributed by atoms with E-state index in [0.29, 0.717) is 0 Å². The summed E-state index contributed by atoms with van der Waals surface area (Å²) in [6, 6.07) is 0. The molecule has 1 amide bonds. The molecule has 9 heteroatoms. The molecule has 18 heavy (non-hydrogen) atoms. The van der Waals surface area contributed by atoms with E-state index in [1.165, 1.54) is 0 Å². The van der Waals surface area contributed by atoms with Crippen molar-refractivity contribution in [3.8, 4) is 0 Å². The summed E-state index contributed by atoms with van der Waals surface area (Å²) in [6.45, 7) is -0.901. The Morgan fingerprint density at radius 2 is 2.06 bits per heavy atom. The number of halogens is 3. The van der Waals surface area contributed by atoms with Gasteiger partial charge < -0.3 is 4.90 Å². The molecule has 2 fully saturated rings. The molecule has 104 valence electrons. The molecule has 2 aliphatic rings. The SMILES string of the molecule is O=C(CCS)N1CC2C(C(F)(F)F)(C1)CS2(=O)=O. The minimum Gasteiger partial charge on any atom is -0.340 e. The minimum absolute atomic E-state index is 0.0177. The van der Waals surface area contributed by atoms with Crippen molar-refractivity contribution in [3.63, 3.8) is 0 Å². The lowest BCUT2D eigenvalue weighted by Crippen LogP contribution is -2.64. The van der Waals surface area contributed by atoms with Crippen molar-refractivity contribution in [1.82, 2.24) is 4.90 Å². The standard InChI is InChI=1S/C9H12F3NO3S2/c10-9(11,12)8-4-13(7(14)1-2-17)3-6(8)18(15,16)5-8/h6,17H,1-5H2. The number of nitrogens with zero attached hydrogens (tertiary/aromatic N) is 1. The van der Waals surface area contributed by atoms with Crippen LogP contribution in [-0.2, 0) is 14.6 Å². The van der Waals surface area contributed by atoms with Crippen LogP contribution in [0.2, 0.25) is 0 Å². The van der Waals surface area contributed by atoms with Crippen molar-refractivity contribution < 1.29 is 26.4 Å². The number of thiol groups is 1. The van der Waals surface area contributed by atoms with Crippen LogP contribution in [0.4, 0.5) is 13.2 Å². The number of alkyl halides is 3. The Bertz CT molecular complexity index is 476. The number of rotatable bonds is 2. The number of hydrogen-bond acceptors (Lipinski definition) is 4. The lowest BCUT2D eigenvalue weighted by Gasteiger charge is -2.43. The third-order valence-corrected chi connectivity index (χ3v) is 6.22. The average molecular weight is 303 g/mol. The summed E-state index contributed by atoms with van der Waals surface area (Å²) in [7, 11) is -3.71. The zero-order valence-electron chi connectivity index (χ0n) is 9.27. The highest BCUT2D eigenvalue weighted by molar-refractivity contribution is 7.93. The van der Waals surface area contributed by atoms with Crippen LogP contribution in [0.25, 0.3) is 0 Å². The van der Waals surface area contributed by atoms with Gasteiger partial charge in [0.1, 0.15) is 5.41 Å². The number of likely N-dealkylation sites (tertiary alicyclic amines) is 1. The maximum atomic E-state index is 13.0. The van der Waals surface area contributed by atoms with E-state index < -0.39 is 44.9 Å². The topological polar surface area (TPSA) is 54.5 Å². The number of carbonyl (C=O) groups is 1. The molecule has 2 rings (SSSR count). The van der Waals surface area contributed by atoms with Crippen LogP contribution in [0.15, 0.2) is 0 Å². The van der Waals surface area contributed by atoms with Crippen molar-refractivity contribution in [2.45, 2.75) is 17.8 Å². The van der Waals surface area contributed by atoms with E-state index in [4.69, 9.17) is 0 Å². The Hall–Kier alpha value is -0.440. The molecule has 0 aliphatic carbocycles. The molecule has 0 N–H and O–H groups in total. The normalized spacial score (nSPS) is 34.0. The largest absolute Gasteiger partial charge is 0.398 e. The first-order chi connectivity index (χ1) is 8.14. The van der Waals surface area contributed by atoms with Crippen LogP contribution in [0.5, 0.6) is 0 Å². The quantitative estimate of drug-likeness (QED) is 0.756. The summed E-state index contributed by atoms with van der Waals surface area (Å²) in [6.07, 6.45) is -4.58. The van der Waals surface area contributed by atoms with Gasteiger partial charge in [0, 0.05) is 19.5 Å². The Labute approximate surface area is 108 Å². The fraction of sp³-hybridized carbons (Fsp3) is 0.889. The van der Waals surface area contributed by atoms with Gasteiger partial charge in [0.2, 0.25) is 5.91 Å². The number of carbonyl (C=O) groups excluding carboxylic acids is 1. The lowest BCUT2D eigenvalue weighted by molar-refractivity contribution is -0.215. The molecule has 2 atom stereocenters. The fourth-order valence-corrected chi connectivity index (χ4v) is 5.29. The van der Waals surface area contributed by atoms with E-state index in [1.807, 2.05) is 0 Å². The zero-order valence-corrected chi connectivity index (χ0v) is 11.0. The Morgan fingerprint density at radius 1 is 1.44 bits per heavy atom. The third-order valence-electron chi connectivity index (χ3n) is 3.61. The van der Waals surface area contributed by atoms with E-state index >= 15 is 0 Å². The molecule has 0 aromatic rings. The van der Waals surface area contributed by atoms with Gasteiger partial charge in [0.15, 0.2) is 9.84 Å². The first-order valence-electron chi connectivity index (χ1n) is 5.31. The van der Waals surface area contributed by atoms with Gasteiger partial charge in [-0.3, -0.25) is 4.79 Å². The van der Waals surface area contributed by atoms with Crippen LogP contribution < -0.4 is 0 Å². The van der Waals surface area contributed by atoms with Gasteiger partial charge in [-0.1, -0.05) is 0 Å². The Morgan fingerprint density at radius 3 is 2.44 bits per heavy atom. The molecule has 0 aromatic carbocycles. The summed E-state index contributed by atoms with van der Waals surface area (Å²) >= 11 is 3.84. The summed E-state index contributed by atoms with van der Waals surface area (Å²) in [4.78, 5) is 12.6. The number of sulfone groups is 1. The van der Waals surface area contributed by atoms with Crippen molar-refractivity contribution in [1.29, 1.82) is 0 Å². The number of hydrogen-bond donors (Lipinski definition) is 1. The van der Waals surface area contributed by atoms with Crippen LogP contribution in [0.1, 0.15) is 6.42 Å².